The van der Waals surface area contributed by atoms with Gasteiger partial charge in [-0.05, 0) is 44.1 Å². The van der Waals surface area contributed by atoms with Crippen molar-refractivity contribution in [2.75, 3.05) is 20.6 Å². The molecular weight excluding hydrogens is 186 g/mol. The van der Waals surface area contributed by atoms with Crippen LogP contribution in [0.25, 0.3) is 0 Å². The maximum Gasteiger partial charge on any atom is 0.0362 e. The highest BCUT2D eigenvalue weighted by Crippen LogP contribution is 2.31. The molecule has 0 saturated carbocycles. The highest BCUT2D eigenvalue weighted by molar-refractivity contribution is 5.14. The van der Waals surface area contributed by atoms with Crippen LogP contribution < -0.4 is 5.73 Å². The van der Waals surface area contributed by atoms with Gasteiger partial charge in [0.1, 0.15) is 0 Å². The first kappa shape index (κ1) is 12.3. The van der Waals surface area contributed by atoms with Gasteiger partial charge in [0.05, 0.1) is 0 Å². The van der Waals surface area contributed by atoms with E-state index in [-0.39, 0.29) is 5.41 Å². The summed E-state index contributed by atoms with van der Waals surface area (Å²) in [6, 6.07) is 2.58. The molecular formula is C12H23N3. The van der Waals surface area contributed by atoms with E-state index in [0.29, 0.717) is 6.04 Å². The summed E-state index contributed by atoms with van der Waals surface area (Å²) in [4.78, 5) is 5.36. The molecule has 0 spiro atoms. The third-order valence-corrected chi connectivity index (χ3v) is 2.93. The van der Waals surface area contributed by atoms with Crippen LogP contribution in [0.2, 0.25) is 0 Å². The molecule has 0 aliphatic heterocycles. The predicted molar refractivity (Wildman–Crippen MR) is 64.7 cm³/mol. The number of nitrogens with two attached hydrogens (primary N) is 1. The Morgan fingerprint density at radius 1 is 1.47 bits per heavy atom. The van der Waals surface area contributed by atoms with Crippen molar-refractivity contribution in [1.29, 1.82) is 0 Å². The number of rotatable bonds is 5. The smallest absolute Gasteiger partial charge is 0.0362 e. The van der Waals surface area contributed by atoms with Gasteiger partial charge in [-0.3, -0.25) is 0 Å². The zero-order valence-electron chi connectivity index (χ0n) is 10.2. The highest BCUT2D eigenvalue weighted by Gasteiger charge is 2.24. The summed E-state index contributed by atoms with van der Waals surface area (Å²) in [6.45, 7) is 5.16. The zero-order chi connectivity index (χ0) is 11.5. The largest absolute Gasteiger partial charge is 0.367 e. The first-order valence-corrected chi connectivity index (χ1v) is 5.45. The number of aromatic amines is 1. The van der Waals surface area contributed by atoms with E-state index in [9.17, 15) is 0 Å². The molecule has 0 aliphatic rings. The van der Waals surface area contributed by atoms with E-state index >= 15 is 0 Å². The van der Waals surface area contributed by atoms with Crippen molar-refractivity contribution in [2.24, 2.45) is 11.1 Å². The fourth-order valence-corrected chi connectivity index (χ4v) is 1.75. The van der Waals surface area contributed by atoms with Crippen LogP contribution >= 0.6 is 0 Å². The van der Waals surface area contributed by atoms with Crippen molar-refractivity contribution >= 4 is 0 Å². The second kappa shape index (κ2) is 4.81. The summed E-state index contributed by atoms with van der Waals surface area (Å²) in [7, 11) is 4.23. The Labute approximate surface area is 92.7 Å². The molecule has 86 valence electrons. The third-order valence-electron chi connectivity index (χ3n) is 2.93. The predicted octanol–water partition coefficient (Wildman–Crippen LogP) is 1.99. The van der Waals surface area contributed by atoms with Gasteiger partial charge in [0.15, 0.2) is 0 Å². The normalized spacial score (nSPS) is 14.5. The Bertz CT molecular complexity index is 275. The van der Waals surface area contributed by atoms with Crippen LogP contribution in [0.1, 0.15) is 31.9 Å². The molecule has 1 atom stereocenters. The minimum atomic E-state index is 0.187. The first-order valence-electron chi connectivity index (χ1n) is 5.45. The van der Waals surface area contributed by atoms with Crippen molar-refractivity contribution in [3.63, 3.8) is 0 Å². The van der Waals surface area contributed by atoms with Crippen LogP contribution in [-0.2, 0) is 0 Å². The molecule has 0 aromatic carbocycles. The van der Waals surface area contributed by atoms with Crippen LogP contribution in [0.4, 0.5) is 0 Å². The highest BCUT2D eigenvalue weighted by atomic mass is 15.1. The van der Waals surface area contributed by atoms with E-state index in [4.69, 9.17) is 5.73 Å². The number of hydrogen-bond donors (Lipinski definition) is 2. The van der Waals surface area contributed by atoms with Crippen molar-refractivity contribution in [1.82, 2.24) is 9.88 Å². The standard InChI is InChI=1S/C12H23N3/c1-12(2,9-13)7-11(15(3)4)10-5-6-14-8-10/h5-6,8,11,14H,7,9,13H2,1-4H3. The monoisotopic (exact) mass is 209 g/mol. The lowest BCUT2D eigenvalue weighted by atomic mass is 9.84. The Kier molecular flexibility index (Phi) is 3.94. The van der Waals surface area contributed by atoms with Gasteiger partial charge in [-0.15, -0.1) is 0 Å². The van der Waals surface area contributed by atoms with Crippen LogP contribution in [0.5, 0.6) is 0 Å². The zero-order valence-corrected chi connectivity index (χ0v) is 10.2. The van der Waals surface area contributed by atoms with E-state index in [1.807, 2.05) is 6.20 Å². The van der Waals surface area contributed by atoms with Gasteiger partial charge in [0.25, 0.3) is 0 Å². The van der Waals surface area contributed by atoms with Gasteiger partial charge in [0.2, 0.25) is 0 Å². The number of aromatic nitrogens is 1. The molecule has 0 saturated heterocycles. The topological polar surface area (TPSA) is 45.0 Å². The lowest BCUT2D eigenvalue weighted by Gasteiger charge is -2.32. The maximum absolute atomic E-state index is 5.78. The van der Waals surface area contributed by atoms with Gasteiger partial charge >= 0.3 is 0 Å². The van der Waals surface area contributed by atoms with Crippen molar-refractivity contribution in [3.05, 3.63) is 24.0 Å². The van der Waals surface area contributed by atoms with Crippen molar-refractivity contribution in [3.8, 4) is 0 Å². The minimum absolute atomic E-state index is 0.187. The fraction of sp³-hybridized carbons (Fsp3) is 0.667. The number of hydrogen-bond acceptors (Lipinski definition) is 2. The fourth-order valence-electron chi connectivity index (χ4n) is 1.75. The van der Waals surface area contributed by atoms with Crippen LogP contribution in [0.15, 0.2) is 18.5 Å². The van der Waals surface area contributed by atoms with Crippen LogP contribution in [-0.4, -0.2) is 30.5 Å². The lowest BCUT2D eigenvalue weighted by Crippen LogP contribution is -2.30. The molecule has 1 aromatic heterocycles. The molecule has 0 bridgehead atoms. The molecule has 3 N–H and O–H groups in total. The molecule has 0 amide bonds. The average Bonchev–Trinajstić information content (AvgIpc) is 2.66. The third kappa shape index (κ3) is 3.36. The Morgan fingerprint density at radius 3 is 2.53 bits per heavy atom. The van der Waals surface area contributed by atoms with Crippen molar-refractivity contribution in [2.45, 2.75) is 26.3 Å². The van der Waals surface area contributed by atoms with Gasteiger partial charge in [-0.25, -0.2) is 0 Å². The molecule has 3 nitrogen and oxygen atoms in total. The molecule has 0 fully saturated rings. The molecule has 3 heteroatoms. The molecule has 0 aliphatic carbocycles. The Morgan fingerprint density at radius 2 is 2.13 bits per heavy atom. The molecule has 1 heterocycles. The van der Waals surface area contributed by atoms with Gasteiger partial charge in [-0.2, -0.15) is 0 Å². The average molecular weight is 209 g/mol. The van der Waals surface area contributed by atoms with Gasteiger partial charge in [-0.1, -0.05) is 13.8 Å². The van der Waals surface area contributed by atoms with Crippen LogP contribution in [0.3, 0.4) is 0 Å². The quantitative estimate of drug-likeness (QED) is 0.779. The SMILES string of the molecule is CN(C)C(CC(C)(C)CN)c1cc[nH]c1. The summed E-state index contributed by atoms with van der Waals surface area (Å²) in [5.74, 6) is 0. The summed E-state index contributed by atoms with van der Waals surface area (Å²) in [5.41, 5.74) is 7.30. The molecule has 1 aromatic rings. The van der Waals surface area contributed by atoms with Crippen molar-refractivity contribution < 1.29 is 0 Å². The Balaban J connectivity index is 2.77. The number of nitrogens with one attached hydrogen (secondary N) is 1. The van der Waals surface area contributed by atoms with E-state index in [1.165, 1.54) is 5.56 Å². The Hall–Kier alpha value is -0.800. The van der Waals surface area contributed by atoms with E-state index in [1.54, 1.807) is 0 Å². The maximum atomic E-state index is 5.78. The molecule has 15 heavy (non-hydrogen) atoms. The van der Waals surface area contributed by atoms with Gasteiger partial charge < -0.3 is 15.6 Å². The second-order valence-corrected chi connectivity index (χ2v) is 5.20. The summed E-state index contributed by atoms with van der Waals surface area (Å²) >= 11 is 0. The van der Waals surface area contributed by atoms with E-state index < -0.39 is 0 Å². The van der Waals surface area contributed by atoms with Gasteiger partial charge in [0, 0.05) is 18.4 Å². The first-order chi connectivity index (χ1) is 6.96. The summed E-state index contributed by atoms with van der Waals surface area (Å²) < 4.78 is 0. The lowest BCUT2D eigenvalue weighted by molar-refractivity contribution is 0.203. The number of H-pyrrole nitrogens is 1. The summed E-state index contributed by atoms with van der Waals surface area (Å²) in [6.07, 6.45) is 5.12. The second-order valence-electron chi connectivity index (χ2n) is 5.20. The van der Waals surface area contributed by atoms with Crippen LogP contribution in [0, 0.1) is 5.41 Å². The van der Waals surface area contributed by atoms with E-state index in [2.05, 4.69) is 50.1 Å². The van der Waals surface area contributed by atoms with E-state index in [0.717, 1.165) is 13.0 Å². The summed E-state index contributed by atoms with van der Waals surface area (Å²) in [5, 5.41) is 0. The molecule has 1 unspecified atom stereocenters. The molecule has 1 rings (SSSR count). The minimum Gasteiger partial charge on any atom is -0.367 e. The number of nitrogens with zero attached hydrogens (tertiary/aromatic N) is 1. The molecule has 0 radical (unpaired) electrons.